The summed E-state index contributed by atoms with van der Waals surface area (Å²) >= 11 is 3.36. The van der Waals surface area contributed by atoms with Crippen LogP contribution in [0, 0.1) is 0 Å². The highest BCUT2D eigenvalue weighted by molar-refractivity contribution is 9.10. The van der Waals surface area contributed by atoms with Gasteiger partial charge in [0.15, 0.2) is 0 Å². The first kappa shape index (κ1) is 13.7. The minimum atomic E-state index is -3.16. The average molecular weight is 306 g/mol. The molecular formula is C11H16BrNO2S. The van der Waals surface area contributed by atoms with Crippen molar-refractivity contribution in [2.75, 3.05) is 5.75 Å². The van der Waals surface area contributed by atoms with E-state index in [4.69, 9.17) is 0 Å². The molecule has 1 N–H and O–H groups in total. The standard InChI is InChI=1S/C11H16BrNO2S/c1-3-7-16(14,15)13-9(2)10-5-4-6-11(12)8-10/h4-6,8-9,13H,3,7H2,1-2H3. The van der Waals surface area contributed by atoms with Crippen LogP contribution >= 0.6 is 15.9 Å². The van der Waals surface area contributed by atoms with Crippen LogP contribution in [0.2, 0.25) is 0 Å². The van der Waals surface area contributed by atoms with Gasteiger partial charge in [-0.1, -0.05) is 35.0 Å². The summed E-state index contributed by atoms with van der Waals surface area (Å²) in [7, 11) is -3.16. The molecule has 0 saturated heterocycles. The summed E-state index contributed by atoms with van der Waals surface area (Å²) in [6, 6.07) is 7.43. The summed E-state index contributed by atoms with van der Waals surface area (Å²) in [6.07, 6.45) is 0.626. The Morgan fingerprint density at radius 3 is 2.69 bits per heavy atom. The van der Waals surface area contributed by atoms with Gasteiger partial charge in [-0.15, -0.1) is 0 Å². The van der Waals surface area contributed by atoms with Crippen molar-refractivity contribution in [1.29, 1.82) is 0 Å². The van der Waals surface area contributed by atoms with Crippen LogP contribution in [0.15, 0.2) is 28.7 Å². The minimum absolute atomic E-state index is 0.172. The van der Waals surface area contributed by atoms with Crippen molar-refractivity contribution in [1.82, 2.24) is 4.72 Å². The Balaban J connectivity index is 2.76. The molecule has 0 spiro atoms. The smallest absolute Gasteiger partial charge is 0.212 e. The van der Waals surface area contributed by atoms with Gasteiger partial charge in [-0.2, -0.15) is 0 Å². The monoisotopic (exact) mass is 305 g/mol. The van der Waals surface area contributed by atoms with Crippen LogP contribution in [0.25, 0.3) is 0 Å². The van der Waals surface area contributed by atoms with Crippen molar-refractivity contribution < 1.29 is 8.42 Å². The number of benzene rings is 1. The van der Waals surface area contributed by atoms with E-state index < -0.39 is 10.0 Å². The van der Waals surface area contributed by atoms with E-state index >= 15 is 0 Å². The first-order valence-corrected chi connectivity index (χ1v) is 7.64. The largest absolute Gasteiger partial charge is 0.212 e. The van der Waals surface area contributed by atoms with E-state index in [1.54, 1.807) is 0 Å². The highest BCUT2D eigenvalue weighted by Crippen LogP contribution is 2.18. The van der Waals surface area contributed by atoms with Crippen molar-refractivity contribution in [2.45, 2.75) is 26.3 Å². The molecule has 1 atom stereocenters. The molecule has 90 valence electrons. The van der Waals surface area contributed by atoms with Crippen LogP contribution in [-0.4, -0.2) is 14.2 Å². The second-order valence-electron chi connectivity index (χ2n) is 3.71. The third-order valence-electron chi connectivity index (χ3n) is 2.18. The first-order chi connectivity index (χ1) is 7.44. The Kier molecular flexibility index (Phi) is 4.95. The highest BCUT2D eigenvalue weighted by atomic mass is 79.9. The summed E-state index contributed by atoms with van der Waals surface area (Å²) in [6.45, 7) is 3.69. The fraction of sp³-hybridized carbons (Fsp3) is 0.455. The third kappa shape index (κ3) is 4.23. The zero-order chi connectivity index (χ0) is 12.2. The van der Waals surface area contributed by atoms with E-state index in [9.17, 15) is 8.42 Å². The van der Waals surface area contributed by atoms with E-state index in [0.29, 0.717) is 6.42 Å². The normalized spacial score (nSPS) is 13.7. The number of hydrogen-bond acceptors (Lipinski definition) is 2. The number of nitrogens with one attached hydrogen (secondary N) is 1. The molecule has 0 aromatic heterocycles. The molecule has 1 aromatic carbocycles. The van der Waals surface area contributed by atoms with E-state index in [1.807, 2.05) is 38.1 Å². The van der Waals surface area contributed by atoms with Gasteiger partial charge in [-0.3, -0.25) is 0 Å². The number of hydrogen-bond donors (Lipinski definition) is 1. The summed E-state index contributed by atoms with van der Waals surface area (Å²) in [5.41, 5.74) is 0.953. The highest BCUT2D eigenvalue weighted by Gasteiger charge is 2.14. The molecule has 1 unspecified atom stereocenters. The second-order valence-corrected chi connectivity index (χ2v) is 6.50. The molecule has 0 fully saturated rings. The quantitative estimate of drug-likeness (QED) is 0.909. The van der Waals surface area contributed by atoms with Gasteiger partial charge in [0, 0.05) is 10.5 Å². The third-order valence-corrected chi connectivity index (χ3v) is 4.33. The zero-order valence-electron chi connectivity index (χ0n) is 9.40. The predicted molar refractivity (Wildman–Crippen MR) is 69.8 cm³/mol. The lowest BCUT2D eigenvalue weighted by Crippen LogP contribution is -2.28. The Morgan fingerprint density at radius 1 is 1.44 bits per heavy atom. The van der Waals surface area contributed by atoms with E-state index in [1.165, 1.54) is 0 Å². The van der Waals surface area contributed by atoms with Crippen LogP contribution in [0.5, 0.6) is 0 Å². The average Bonchev–Trinajstić information content (AvgIpc) is 2.16. The number of halogens is 1. The Morgan fingerprint density at radius 2 is 2.12 bits per heavy atom. The number of rotatable bonds is 5. The summed E-state index contributed by atoms with van der Waals surface area (Å²) < 4.78 is 26.8. The molecule has 0 heterocycles. The maximum Gasteiger partial charge on any atom is 0.212 e. The molecule has 0 bridgehead atoms. The van der Waals surface area contributed by atoms with Crippen molar-refractivity contribution in [3.05, 3.63) is 34.3 Å². The molecule has 0 saturated carbocycles. The fourth-order valence-corrected chi connectivity index (χ4v) is 3.19. The second kappa shape index (κ2) is 5.80. The molecule has 0 amide bonds. The molecule has 1 rings (SSSR count). The van der Waals surface area contributed by atoms with Crippen LogP contribution in [0.4, 0.5) is 0 Å². The predicted octanol–water partition coefficient (Wildman–Crippen LogP) is 2.84. The summed E-state index contributed by atoms with van der Waals surface area (Å²) in [5.74, 6) is 0.172. The zero-order valence-corrected chi connectivity index (χ0v) is 11.8. The molecule has 1 aromatic rings. The molecule has 16 heavy (non-hydrogen) atoms. The molecule has 0 aliphatic carbocycles. The van der Waals surface area contributed by atoms with Crippen LogP contribution in [-0.2, 0) is 10.0 Å². The number of sulfonamides is 1. The van der Waals surface area contributed by atoms with Gasteiger partial charge in [-0.05, 0) is 31.0 Å². The topological polar surface area (TPSA) is 46.2 Å². The van der Waals surface area contributed by atoms with Gasteiger partial charge in [0.1, 0.15) is 0 Å². The van der Waals surface area contributed by atoms with Gasteiger partial charge in [0.2, 0.25) is 10.0 Å². The van der Waals surface area contributed by atoms with Crippen LogP contribution in [0.3, 0.4) is 0 Å². The first-order valence-electron chi connectivity index (χ1n) is 5.20. The van der Waals surface area contributed by atoms with Crippen LogP contribution < -0.4 is 4.72 Å². The molecule has 3 nitrogen and oxygen atoms in total. The molecular weight excluding hydrogens is 290 g/mol. The Labute approximate surface area is 105 Å². The maximum atomic E-state index is 11.6. The van der Waals surface area contributed by atoms with Gasteiger partial charge < -0.3 is 0 Å². The van der Waals surface area contributed by atoms with E-state index in [2.05, 4.69) is 20.7 Å². The molecule has 5 heteroatoms. The van der Waals surface area contributed by atoms with Gasteiger partial charge in [-0.25, -0.2) is 13.1 Å². The lowest BCUT2D eigenvalue weighted by Gasteiger charge is -2.14. The van der Waals surface area contributed by atoms with Crippen molar-refractivity contribution in [3.63, 3.8) is 0 Å². The van der Waals surface area contributed by atoms with Gasteiger partial charge >= 0.3 is 0 Å². The van der Waals surface area contributed by atoms with E-state index in [0.717, 1.165) is 10.0 Å². The van der Waals surface area contributed by atoms with Gasteiger partial charge in [0.25, 0.3) is 0 Å². The Bertz CT molecular complexity index is 445. The van der Waals surface area contributed by atoms with Crippen molar-refractivity contribution in [3.8, 4) is 0 Å². The summed E-state index contributed by atoms with van der Waals surface area (Å²) in [4.78, 5) is 0. The van der Waals surface area contributed by atoms with Crippen molar-refractivity contribution >= 4 is 26.0 Å². The lowest BCUT2D eigenvalue weighted by molar-refractivity contribution is 0.565. The summed E-state index contributed by atoms with van der Waals surface area (Å²) in [5, 5.41) is 0. The molecule has 0 radical (unpaired) electrons. The van der Waals surface area contributed by atoms with Crippen molar-refractivity contribution in [2.24, 2.45) is 0 Å². The van der Waals surface area contributed by atoms with E-state index in [-0.39, 0.29) is 11.8 Å². The Hall–Kier alpha value is -0.390. The molecule has 0 aliphatic rings. The lowest BCUT2D eigenvalue weighted by atomic mass is 10.1. The van der Waals surface area contributed by atoms with Crippen LogP contribution in [0.1, 0.15) is 31.9 Å². The molecule has 0 aliphatic heterocycles. The minimum Gasteiger partial charge on any atom is -0.212 e. The SMILES string of the molecule is CCCS(=O)(=O)NC(C)c1cccc(Br)c1. The maximum absolute atomic E-state index is 11.6. The fourth-order valence-electron chi connectivity index (χ4n) is 1.44. The van der Waals surface area contributed by atoms with Gasteiger partial charge in [0.05, 0.1) is 5.75 Å².